The van der Waals surface area contributed by atoms with Gasteiger partial charge in [0.2, 0.25) is 0 Å². The van der Waals surface area contributed by atoms with Crippen molar-refractivity contribution in [2.24, 2.45) is 11.3 Å². The minimum absolute atomic E-state index is 0.0168. The average Bonchev–Trinajstić information content (AvgIpc) is 2.49. The molecule has 0 aromatic heterocycles. The molecular formula is C16H19ClFNO. The molecule has 0 aliphatic heterocycles. The second kappa shape index (κ2) is 6.11. The highest BCUT2D eigenvalue weighted by Gasteiger charge is 2.43. The van der Waals surface area contributed by atoms with E-state index in [1.807, 2.05) is 0 Å². The minimum atomic E-state index is -1.12. The maximum absolute atomic E-state index is 14.1. The van der Waals surface area contributed by atoms with E-state index in [0.717, 1.165) is 19.3 Å². The number of rotatable bonds is 3. The molecule has 1 aromatic rings. The van der Waals surface area contributed by atoms with Gasteiger partial charge in [-0.25, -0.2) is 4.39 Å². The summed E-state index contributed by atoms with van der Waals surface area (Å²) in [5.41, 5.74) is -0.758. The molecule has 1 unspecified atom stereocenters. The molecule has 1 aliphatic rings. The lowest BCUT2D eigenvalue weighted by molar-refractivity contribution is 0.0219. The fourth-order valence-electron chi connectivity index (χ4n) is 3.08. The molecule has 1 aliphatic carbocycles. The van der Waals surface area contributed by atoms with Gasteiger partial charge in [0.1, 0.15) is 11.9 Å². The summed E-state index contributed by atoms with van der Waals surface area (Å²) in [6.45, 7) is 2.14. The Morgan fingerprint density at radius 1 is 1.50 bits per heavy atom. The van der Waals surface area contributed by atoms with E-state index in [2.05, 4.69) is 13.0 Å². The van der Waals surface area contributed by atoms with Crippen LogP contribution in [0.25, 0.3) is 0 Å². The van der Waals surface area contributed by atoms with Crippen molar-refractivity contribution in [2.45, 2.75) is 45.1 Å². The molecular weight excluding hydrogens is 277 g/mol. The summed E-state index contributed by atoms with van der Waals surface area (Å²) in [5.74, 6) is -0.0122. The van der Waals surface area contributed by atoms with Crippen LogP contribution >= 0.6 is 11.6 Å². The van der Waals surface area contributed by atoms with Crippen LogP contribution in [0.3, 0.4) is 0 Å². The number of halogens is 2. The van der Waals surface area contributed by atoms with Crippen molar-refractivity contribution in [1.82, 2.24) is 0 Å². The highest BCUT2D eigenvalue weighted by molar-refractivity contribution is 6.30. The van der Waals surface area contributed by atoms with E-state index in [9.17, 15) is 14.8 Å². The summed E-state index contributed by atoms with van der Waals surface area (Å²) in [6, 6.07) is 6.81. The van der Waals surface area contributed by atoms with Gasteiger partial charge in [-0.15, -0.1) is 0 Å². The van der Waals surface area contributed by atoms with E-state index in [4.69, 9.17) is 11.6 Å². The van der Waals surface area contributed by atoms with Crippen molar-refractivity contribution in [3.63, 3.8) is 0 Å². The zero-order chi connectivity index (χ0) is 14.8. The lowest BCUT2D eigenvalue weighted by Crippen LogP contribution is -2.33. The van der Waals surface area contributed by atoms with Gasteiger partial charge in [0.05, 0.1) is 16.5 Å². The Labute approximate surface area is 124 Å². The largest absolute Gasteiger partial charge is 0.387 e. The quantitative estimate of drug-likeness (QED) is 0.884. The molecule has 20 heavy (non-hydrogen) atoms. The molecule has 1 atom stereocenters. The summed E-state index contributed by atoms with van der Waals surface area (Å²) in [5, 5.41) is 20.0. The van der Waals surface area contributed by atoms with Crippen LogP contribution in [-0.2, 0) is 0 Å². The van der Waals surface area contributed by atoms with Crippen LogP contribution in [0.1, 0.15) is 50.7 Å². The van der Waals surface area contributed by atoms with Gasteiger partial charge in [0.25, 0.3) is 0 Å². The van der Waals surface area contributed by atoms with Gasteiger partial charge < -0.3 is 5.11 Å². The Morgan fingerprint density at radius 2 is 2.15 bits per heavy atom. The van der Waals surface area contributed by atoms with E-state index in [0.29, 0.717) is 18.8 Å². The molecule has 0 spiro atoms. The van der Waals surface area contributed by atoms with Crippen LogP contribution in [0, 0.1) is 28.5 Å². The second-order valence-corrected chi connectivity index (χ2v) is 6.07. The van der Waals surface area contributed by atoms with E-state index in [1.54, 1.807) is 6.07 Å². The standard InChI is InChI=1S/C16H19ClFNO/c1-2-11-6-8-16(10-19,9-7-11)15(20)12-4-3-5-13(17)14(12)18/h3-5,11,15,20H,2,6-9H2,1H3. The minimum Gasteiger partial charge on any atom is -0.387 e. The predicted molar refractivity (Wildman–Crippen MR) is 76.7 cm³/mol. The Kier molecular flexibility index (Phi) is 4.67. The third-order valence-corrected chi connectivity index (χ3v) is 4.89. The average molecular weight is 296 g/mol. The van der Waals surface area contributed by atoms with Gasteiger partial charge in [-0.3, -0.25) is 0 Å². The number of hydrogen-bond acceptors (Lipinski definition) is 2. The Morgan fingerprint density at radius 3 is 2.70 bits per heavy atom. The first-order valence-corrected chi connectivity index (χ1v) is 7.45. The molecule has 0 saturated heterocycles. The van der Waals surface area contributed by atoms with Gasteiger partial charge in [-0.1, -0.05) is 37.1 Å². The molecule has 108 valence electrons. The second-order valence-electron chi connectivity index (χ2n) is 5.67. The molecule has 1 aromatic carbocycles. The maximum Gasteiger partial charge on any atom is 0.147 e. The molecule has 0 amide bonds. The first-order valence-electron chi connectivity index (χ1n) is 7.07. The van der Waals surface area contributed by atoms with Gasteiger partial charge in [0.15, 0.2) is 0 Å². The van der Waals surface area contributed by atoms with Gasteiger partial charge in [-0.05, 0) is 37.7 Å². The van der Waals surface area contributed by atoms with Crippen LogP contribution in [0.4, 0.5) is 4.39 Å². The van der Waals surface area contributed by atoms with E-state index >= 15 is 0 Å². The van der Waals surface area contributed by atoms with Crippen molar-refractivity contribution < 1.29 is 9.50 Å². The smallest absolute Gasteiger partial charge is 0.147 e. The fourth-order valence-corrected chi connectivity index (χ4v) is 3.26. The molecule has 0 radical (unpaired) electrons. The van der Waals surface area contributed by atoms with Crippen LogP contribution in [0.5, 0.6) is 0 Å². The molecule has 2 nitrogen and oxygen atoms in total. The number of aliphatic hydroxyl groups excluding tert-OH is 1. The summed E-state index contributed by atoms with van der Waals surface area (Å²) in [7, 11) is 0. The van der Waals surface area contributed by atoms with Crippen molar-refractivity contribution in [3.05, 3.63) is 34.6 Å². The summed E-state index contributed by atoms with van der Waals surface area (Å²) in [4.78, 5) is 0. The molecule has 4 heteroatoms. The van der Waals surface area contributed by atoms with Gasteiger partial charge >= 0.3 is 0 Å². The zero-order valence-electron chi connectivity index (χ0n) is 11.6. The number of nitrogens with zero attached hydrogens (tertiary/aromatic N) is 1. The van der Waals surface area contributed by atoms with Crippen molar-refractivity contribution in [3.8, 4) is 6.07 Å². The summed E-state index contributed by atoms with van der Waals surface area (Å²) < 4.78 is 14.1. The third-order valence-electron chi connectivity index (χ3n) is 4.60. The molecule has 2 rings (SSSR count). The Bertz CT molecular complexity index is 518. The SMILES string of the molecule is CCC1CCC(C#N)(C(O)c2cccc(Cl)c2F)CC1. The molecule has 0 bridgehead atoms. The van der Waals surface area contributed by atoms with Gasteiger partial charge in [-0.2, -0.15) is 5.26 Å². The number of aliphatic hydroxyl groups is 1. The zero-order valence-corrected chi connectivity index (χ0v) is 12.3. The van der Waals surface area contributed by atoms with E-state index in [-0.39, 0.29) is 10.6 Å². The summed E-state index contributed by atoms with van der Waals surface area (Å²) in [6.07, 6.45) is 2.99. The summed E-state index contributed by atoms with van der Waals surface area (Å²) >= 11 is 5.76. The van der Waals surface area contributed by atoms with Gasteiger partial charge in [0, 0.05) is 5.56 Å². The Hall–Kier alpha value is -1.11. The normalized spacial score (nSPS) is 27.9. The highest BCUT2D eigenvalue weighted by Crippen LogP contribution is 2.48. The number of hydrogen-bond donors (Lipinski definition) is 1. The van der Waals surface area contributed by atoms with E-state index in [1.165, 1.54) is 12.1 Å². The molecule has 0 heterocycles. The molecule has 1 saturated carbocycles. The van der Waals surface area contributed by atoms with Crippen LogP contribution in [0.2, 0.25) is 5.02 Å². The maximum atomic E-state index is 14.1. The van der Waals surface area contributed by atoms with Crippen LogP contribution in [-0.4, -0.2) is 5.11 Å². The fraction of sp³-hybridized carbons (Fsp3) is 0.562. The molecule has 1 N–H and O–H groups in total. The van der Waals surface area contributed by atoms with Crippen LogP contribution in [0.15, 0.2) is 18.2 Å². The number of nitriles is 1. The van der Waals surface area contributed by atoms with Crippen LogP contribution < -0.4 is 0 Å². The third kappa shape index (κ3) is 2.68. The highest BCUT2D eigenvalue weighted by atomic mass is 35.5. The van der Waals surface area contributed by atoms with E-state index < -0.39 is 17.3 Å². The Balaban J connectivity index is 2.28. The first kappa shape index (κ1) is 15.3. The molecule has 1 fully saturated rings. The first-order chi connectivity index (χ1) is 9.54. The monoisotopic (exact) mass is 295 g/mol. The predicted octanol–water partition coefficient (Wildman–Crippen LogP) is 4.62. The van der Waals surface area contributed by atoms with Crippen molar-refractivity contribution in [2.75, 3.05) is 0 Å². The van der Waals surface area contributed by atoms with Crippen molar-refractivity contribution >= 4 is 11.6 Å². The van der Waals surface area contributed by atoms with Crippen molar-refractivity contribution in [1.29, 1.82) is 5.26 Å². The lowest BCUT2D eigenvalue weighted by atomic mass is 9.66. The number of benzene rings is 1. The topological polar surface area (TPSA) is 44.0 Å². The lowest BCUT2D eigenvalue weighted by Gasteiger charge is -2.38.